The van der Waals surface area contributed by atoms with Crippen molar-refractivity contribution in [3.05, 3.63) is 33.8 Å². The van der Waals surface area contributed by atoms with Crippen molar-refractivity contribution in [2.75, 3.05) is 0 Å². The minimum atomic E-state index is 0.729. The summed E-state index contributed by atoms with van der Waals surface area (Å²) in [7, 11) is 0. The highest BCUT2D eigenvalue weighted by Crippen LogP contribution is 2.36. The van der Waals surface area contributed by atoms with Crippen LogP contribution in [-0.4, -0.2) is 0 Å². The molecule has 1 aromatic carbocycles. The Morgan fingerprint density at radius 3 is 2.33 bits per heavy atom. The minimum absolute atomic E-state index is 0.729. The van der Waals surface area contributed by atoms with Gasteiger partial charge in [-0.2, -0.15) is 0 Å². The van der Waals surface area contributed by atoms with Crippen LogP contribution in [0.3, 0.4) is 0 Å². The zero-order valence-corrected chi connectivity index (χ0v) is 12.8. The summed E-state index contributed by atoms with van der Waals surface area (Å²) in [6.07, 6.45) is 6.57. The summed E-state index contributed by atoms with van der Waals surface area (Å²) in [5.41, 5.74) is 1.26. The fourth-order valence-electron chi connectivity index (χ4n) is 3.06. The molecule has 1 saturated carbocycles. The van der Waals surface area contributed by atoms with Crippen LogP contribution in [0.15, 0.2) is 18.2 Å². The molecule has 1 aliphatic rings. The normalized spacial score (nSPS) is 24.5. The Morgan fingerprint density at radius 2 is 1.78 bits per heavy atom. The molecule has 1 fully saturated rings. The van der Waals surface area contributed by atoms with Gasteiger partial charge in [0, 0.05) is 10.0 Å². The van der Waals surface area contributed by atoms with Crippen LogP contribution in [0.4, 0.5) is 0 Å². The molecule has 0 aromatic heterocycles. The summed E-state index contributed by atoms with van der Waals surface area (Å²) in [6, 6.07) is 5.89. The lowest BCUT2D eigenvalue weighted by molar-refractivity contribution is 0.223. The second-order valence-electron chi connectivity index (χ2n) is 5.96. The van der Waals surface area contributed by atoms with Crippen LogP contribution < -0.4 is 0 Å². The first-order valence-electron chi connectivity index (χ1n) is 7.00. The van der Waals surface area contributed by atoms with Gasteiger partial charge in [0.2, 0.25) is 0 Å². The number of hydrogen-bond donors (Lipinski definition) is 0. The highest BCUT2D eigenvalue weighted by molar-refractivity contribution is 6.35. The summed E-state index contributed by atoms with van der Waals surface area (Å²) >= 11 is 12.2. The van der Waals surface area contributed by atoms with Gasteiger partial charge >= 0.3 is 0 Å². The molecule has 0 aliphatic heterocycles. The molecule has 0 nitrogen and oxygen atoms in total. The fraction of sp³-hybridized carbons (Fsp3) is 0.625. The Morgan fingerprint density at radius 1 is 1.11 bits per heavy atom. The molecule has 100 valence electrons. The van der Waals surface area contributed by atoms with Crippen LogP contribution in [0, 0.1) is 17.8 Å². The molecule has 0 radical (unpaired) electrons. The Bertz CT molecular complexity index is 390. The predicted molar refractivity (Wildman–Crippen MR) is 80.5 cm³/mol. The second kappa shape index (κ2) is 6.30. The molecule has 1 aliphatic carbocycles. The summed E-state index contributed by atoms with van der Waals surface area (Å²) < 4.78 is 0. The van der Waals surface area contributed by atoms with Gasteiger partial charge in [-0.1, -0.05) is 43.1 Å². The third-order valence-corrected chi connectivity index (χ3v) is 4.94. The van der Waals surface area contributed by atoms with Crippen molar-refractivity contribution in [1.29, 1.82) is 0 Å². The molecule has 0 heterocycles. The Balaban J connectivity index is 1.91. The van der Waals surface area contributed by atoms with Gasteiger partial charge in [-0.25, -0.2) is 0 Å². The van der Waals surface area contributed by atoms with Gasteiger partial charge in [-0.15, -0.1) is 0 Å². The molecule has 0 spiro atoms. The van der Waals surface area contributed by atoms with Crippen molar-refractivity contribution >= 4 is 23.2 Å². The van der Waals surface area contributed by atoms with Gasteiger partial charge in [0.05, 0.1) is 0 Å². The highest BCUT2D eigenvalue weighted by atomic mass is 35.5. The van der Waals surface area contributed by atoms with Crippen LogP contribution in [-0.2, 0) is 6.42 Å². The van der Waals surface area contributed by atoms with Crippen LogP contribution in [0.1, 0.15) is 45.1 Å². The van der Waals surface area contributed by atoms with Gasteiger partial charge in [-0.05, 0) is 67.6 Å². The van der Waals surface area contributed by atoms with Crippen molar-refractivity contribution < 1.29 is 0 Å². The molecule has 2 heteroatoms. The van der Waals surface area contributed by atoms with E-state index in [1.807, 2.05) is 12.1 Å². The lowest BCUT2D eigenvalue weighted by Crippen LogP contribution is -2.19. The first kappa shape index (κ1) is 14.2. The molecule has 18 heavy (non-hydrogen) atoms. The molecule has 0 N–H and O–H groups in total. The first-order valence-corrected chi connectivity index (χ1v) is 7.75. The van der Waals surface area contributed by atoms with E-state index in [1.165, 1.54) is 31.2 Å². The largest absolute Gasteiger partial charge is 0.0843 e. The third-order valence-electron chi connectivity index (χ3n) is 4.36. The van der Waals surface area contributed by atoms with E-state index in [0.717, 1.165) is 34.2 Å². The first-order chi connectivity index (χ1) is 8.56. The lowest BCUT2D eigenvalue weighted by Gasteiger charge is -2.31. The predicted octanol–water partition coefficient (Wildman–Crippen LogP) is 6.00. The fourth-order valence-corrected chi connectivity index (χ4v) is 3.54. The zero-order chi connectivity index (χ0) is 13.1. The molecule has 0 atom stereocenters. The Kier molecular flexibility index (Phi) is 4.98. The van der Waals surface area contributed by atoms with Gasteiger partial charge in [-0.3, -0.25) is 0 Å². The summed E-state index contributed by atoms with van der Waals surface area (Å²) in [5, 5.41) is 1.56. The zero-order valence-electron chi connectivity index (χ0n) is 11.3. The number of rotatable bonds is 3. The number of benzene rings is 1. The topological polar surface area (TPSA) is 0 Å². The standard InChI is InChI=1S/C16H22Cl2/c1-11(2)13-5-3-12(4-6-13)9-14-7-8-15(17)10-16(14)18/h7-8,10-13H,3-6,9H2,1-2H3. The van der Waals surface area contributed by atoms with Gasteiger partial charge in [0.1, 0.15) is 0 Å². The summed E-state index contributed by atoms with van der Waals surface area (Å²) in [4.78, 5) is 0. The lowest BCUT2D eigenvalue weighted by atomic mass is 9.75. The van der Waals surface area contributed by atoms with E-state index in [0.29, 0.717) is 0 Å². The van der Waals surface area contributed by atoms with E-state index in [2.05, 4.69) is 19.9 Å². The molecule has 0 bridgehead atoms. The van der Waals surface area contributed by atoms with Crippen molar-refractivity contribution in [1.82, 2.24) is 0 Å². The van der Waals surface area contributed by atoms with Crippen molar-refractivity contribution in [3.8, 4) is 0 Å². The van der Waals surface area contributed by atoms with Crippen molar-refractivity contribution in [3.63, 3.8) is 0 Å². The van der Waals surface area contributed by atoms with E-state index < -0.39 is 0 Å². The second-order valence-corrected chi connectivity index (χ2v) is 6.81. The molecule has 0 amide bonds. The minimum Gasteiger partial charge on any atom is -0.0843 e. The number of halogens is 2. The van der Waals surface area contributed by atoms with Crippen molar-refractivity contribution in [2.45, 2.75) is 46.0 Å². The molecule has 1 aromatic rings. The Labute approximate surface area is 121 Å². The maximum atomic E-state index is 6.24. The maximum absolute atomic E-state index is 6.24. The van der Waals surface area contributed by atoms with Gasteiger partial charge in [0.25, 0.3) is 0 Å². The van der Waals surface area contributed by atoms with Crippen LogP contribution in [0.5, 0.6) is 0 Å². The van der Waals surface area contributed by atoms with Crippen molar-refractivity contribution in [2.24, 2.45) is 17.8 Å². The quantitative estimate of drug-likeness (QED) is 0.639. The Hall–Kier alpha value is -0.200. The monoisotopic (exact) mass is 284 g/mol. The van der Waals surface area contributed by atoms with Crippen LogP contribution >= 0.6 is 23.2 Å². The smallest absolute Gasteiger partial charge is 0.0452 e. The molecular formula is C16H22Cl2. The number of hydrogen-bond acceptors (Lipinski definition) is 0. The van der Waals surface area contributed by atoms with E-state index in [4.69, 9.17) is 23.2 Å². The van der Waals surface area contributed by atoms with Gasteiger partial charge in [0.15, 0.2) is 0 Å². The van der Waals surface area contributed by atoms with E-state index in [1.54, 1.807) is 0 Å². The highest BCUT2D eigenvalue weighted by Gasteiger charge is 2.23. The van der Waals surface area contributed by atoms with E-state index in [-0.39, 0.29) is 0 Å². The average Bonchev–Trinajstić information content (AvgIpc) is 2.33. The third kappa shape index (κ3) is 3.65. The van der Waals surface area contributed by atoms with E-state index >= 15 is 0 Å². The molecule has 2 rings (SSSR count). The van der Waals surface area contributed by atoms with Crippen LogP contribution in [0.2, 0.25) is 10.0 Å². The molecule has 0 saturated heterocycles. The summed E-state index contributed by atoms with van der Waals surface area (Å²) in [6.45, 7) is 4.70. The van der Waals surface area contributed by atoms with Crippen LogP contribution in [0.25, 0.3) is 0 Å². The molecular weight excluding hydrogens is 263 g/mol. The molecule has 0 unspecified atom stereocenters. The van der Waals surface area contributed by atoms with E-state index in [9.17, 15) is 0 Å². The van der Waals surface area contributed by atoms with Gasteiger partial charge < -0.3 is 0 Å². The maximum Gasteiger partial charge on any atom is 0.0452 e. The average molecular weight is 285 g/mol. The summed E-state index contributed by atoms with van der Waals surface area (Å²) in [5.74, 6) is 2.57. The SMILES string of the molecule is CC(C)C1CCC(Cc2ccc(Cl)cc2Cl)CC1.